The van der Waals surface area contributed by atoms with Gasteiger partial charge in [0.2, 0.25) is 5.91 Å². The van der Waals surface area contributed by atoms with Crippen LogP contribution in [0.3, 0.4) is 0 Å². The zero-order valence-corrected chi connectivity index (χ0v) is 11.7. The lowest BCUT2D eigenvalue weighted by Gasteiger charge is -2.33. The molecule has 2 aromatic carbocycles. The lowest BCUT2D eigenvalue weighted by atomic mass is 9.95. The molecule has 0 unspecified atom stereocenters. The number of benzene rings is 2. The van der Waals surface area contributed by atoms with Gasteiger partial charge in [-0.2, -0.15) is 5.26 Å². The molecule has 4 nitrogen and oxygen atoms in total. The summed E-state index contributed by atoms with van der Waals surface area (Å²) in [5.74, 6) is -0.203. The molecule has 1 fully saturated rings. The van der Waals surface area contributed by atoms with Gasteiger partial charge >= 0.3 is 0 Å². The smallest absolute Gasteiger partial charge is 0.220 e. The number of carbonyl (C=O) groups is 1. The third kappa shape index (κ3) is 2.43. The number of anilines is 1. The first-order valence-corrected chi connectivity index (χ1v) is 7.17. The predicted molar refractivity (Wildman–Crippen MR) is 82.8 cm³/mol. The van der Waals surface area contributed by atoms with Gasteiger partial charge in [-0.05, 0) is 25.0 Å². The van der Waals surface area contributed by atoms with Crippen LogP contribution in [0.5, 0.6) is 0 Å². The summed E-state index contributed by atoms with van der Waals surface area (Å²) in [5, 5.41) is 11.3. The molecule has 2 N–H and O–H groups in total. The minimum atomic E-state index is -0.195. The SMILES string of the molecule is N#Cc1ccc(N2CCC(C(N)=O)CC2)c2ccccc12. The van der Waals surface area contributed by atoms with Crippen LogP contribution in [-0.4, -0.2) is 19.0 Å². The Bertz CT molecular complexity index is 724. The minimum Gasteiger partial charge on any atom is -0.371 e. The molecule has 0 spiro atoms. The molecule has 0 radical (unpaired) electrons. The van der Waals surface area contributed by atoms with Crippen molar-refractivity contribution in [2.75, 3.05) is 18.0 Å². The van der Waals surface area contributed by atoms with Gasteiger partial charge in [0.15, 0.2) is 0 Å². The van der Waals surface area contributed by atoms with Crippen LogP contribution < -0.4 is 10.6 Å². The first-order chi connectivity index (χ1) is 10.2. The van der Waals surface area contributed by atoms with Crippen LogP contribution in [0.2, 0.25) is 0 Å². The second-order valence-corrected chi connectivity index (χ2v) is 5.45. The van der Waals surface area contributed by atoms with Crippen LogP contribution in [0.15, 0.2) is 36.4 Å². The number of carbonyl (C=O) groups excluding carboxylic acids is 1. The molecule has 21 heavy (non-hydrogen) atoms. The van der Waals surface area contributed by atoms with Gasteiger partial charge in [0.1, 0.15) is 0 Å². The van der Waals surface area contributed by atoms with Crippen LogP contribution in [0.25, 0.3) is 10.8 Å². The van der Waals surface area contributed by atoms with Crippen LogP contribution in [0.4, 0.5) is 5.69 Å². The van der Waals surface area contributed by atoms with E-state index in [1.54, 1.807) is 0 Å². The summed E-state index contributed by atoms with van der Waals surface area (Å²) in [6, 6.07) is 14.1. The predicted octanol–water partition coefficient (Wildman–Crippen LogP) is 2.41. The summed E-state index contributed by atoms with van der Waals surface area (Å²) in [6.07, 6.45) is 1.59. The van der Waals surface area contributed by atoms with Gasteiger partial charge in [0.05, 0.1) is 11.6 Å². The van der Waals surface area contributed by atoms with E-state index < -0.39 is 0 Å². The molecule has 1 heterocycles. The number of rotatable bonds is 2. The van der Waals surface area contributed by atoms with E-state index in [0.29, 0.717) is 5.56 Å². The largest absolute Gasteiger partial charge is 0.371 e. The number of hydrogen-bond donors (Lipinski definition) is 1. The van der Waals surface area contributed by atoms with E-state index in [9.17, 15) is 10.1 Å². The van der Waals surface area contributed by atoms with Crippen LogP contribution in [-0.2, 0) is 4.79 Å². The van der Waals surface area contributed by atoms with Gasteiger partial charge in [0.25, 0.3) is 0 Å². The molecular weight excluding hydrogens is 262 g/mol. The summed E-state index contributed by atoms with van der Waals surface area (Å²) >= 11 is 0. The molecule has 2 aromatic rings. The van der Waals surface area contributed by atoms with Crippen molar-refractivity contribution in [2.45, 2.75) is 12.8 Å². The lowest BCUT2D eigenvalue weighted by molar-refractivity contribution is -0.122. The van der Waals surface area contributed by atoms with Crippen LogP contribution >= 0.6 is 0 Å². The number of amides is 1. The molecular formula is C17H17N3O. The van der Waals surface area contributed by atoms with Gasteiger partial charge in [-0.3, -0.25) is 4.79 Å². The fourth-order valence-electron chi connectivity index (χ4n) is 3.06. The minimum absolute atomic E-state index is 0.00843. The number of hydrogen-bond acceptors (Lipinski definition) is 3. The van der Waals surface area contributed by atoms with E-state index in [1.807, 2.05) is 36.4 Å². The van der Waals surface area contributed by atoms with Gasteiger partial charge in [-0.1, -0.05) is 24.3 Å². The molecule has 1 aliphatic rings. The topological polar surface area (TPSA) is 70.1 Å². The molecule has 1 saturated heterocycles. The van der Waals surface area contributed by atoms with Crippen molar-refractivity contribution in [3.63, 3.8) is 0 Å². The third-order valence-electron chi connectivity index (χ3n) is 4.26. The van der Waals surface area contributed by atoms with E-state index in [2.05, 4.69) is 11.0 Å². The molecule has 106 valence electrons. The van der Waals surface area contributed by atoms with Gasteiger partial charge in [0, 0.05) is 35.5 Å². The second-order valence-electron chi connectivity index (χ2n) is 5.45. The maximum absolute atomic E-state index is 11.3. The van der Waals surface area contributed by atoms with E-state index >= 15 is 0 Å². The normalized spacial score (nSPS) is 15.9. The van der Waals surface area contributed by atoms with Crippen molar-refractivity contribution < 1.29 is 4.79 Å². The summed E-state index contributed by atoms with van der Waals surface area (Å²) in [5.41, 5.74) is 7.21. The van der Waals surface area contributed by atoms with Crippen molar-refractivity contribution in [1.82, 2.24) is 0 Å². The third-order valence-corrected chi connectivity index (χ3v) is 4.26. The summed E-state index contributed by atoms with van der Waals surface area (Å²) < 4.78 is 0. The van der Waals surface area contributed by atoms with E-state index in [1.165, 1.54) is 0 Å². The van der Waals surface area contributed by atoms with Gasteiger partial charge in [-0.25, -0.2) is 0 Å². The zero-order chi connectivity index (χ0) is 14.8. The highest BCUT2D eigenvalue weighted by atomic mass is 16.1. The maximum Gasteiger partial charge on any atom is 0.220 e. The average Bonchev–Trinajstić information content (AvgIpc) is 2.54. The van der Waals surface area contributed by atoms with E-state index in [4.69, 9.17) is 5.73 Å². The molecule has 0 aliphatic carbocycles. The summed E-state index contributed by atoms with van der Waals surface area (Å²) in [4.78, 5) is 13.5. The van der Waals surface area contributed by atoms with Crippen LogP contribution in [0.1, 0.15) is 18.4 Å². The van der Waals surface area contributed by atoms with Gasteiger partial charge < -0.3 is 10.6 Å². The Hall–Kier alpha value is -2.54. The average molecular weight is 279 g/mol. The summed E-state index contributed by atoms with van der Waals surface area (Å²) in [6.45, 7) is 1.65. The molecule has 0 aromatic heterocycles. The fourth-order valence-corrected chi connectivity index (χ4v) is 3.06. The number of piperidine rings is 1. The van der Waals surface area contributed by atoms with Crippen LogP contribution in [0, 0.1) is 17.2 Å². The number of nitriles is 1. The second kappa shape index (κ2) is 5.45. The molecule has 0 atom stereocenters. The molecule has 0 saturated carbocycles. The fraction of sp³-hybridized carbons (Fsp3) is 0.294. The van der Waals surface area contributed by atoms with Gasteiger partial charge in [-0.15, -0.1) is 0 Å². The van der Waals surface area contributed by atoms with Crippen molar-refractivity contribution >= 4 is 22.4 Å². The Labute approximate surface area is 123 Å². The van der Waals surface area contributed by atoms with E-state index in [-0.39, 0.29) is 11.8 Å². The number of fused-ring (bicyclic) bond motifs is 1. The standard InChI is InChI=1S/C17H17N3O/c18-11-13-5-6-16(15-4-2-1-3-14(13)15)20-9-7-12(8-10-20)17(19)21/h1-6,12H,7-10H2,(H2,19,21). The Morgan fingerprint density at radius 3 is 2.43 bits per heavy atom. The Kier molecular flexibility index (Phi) is 3.49. The van der Waals surface area contributed by atoms with E-state index in [0.717, 1.165) is 42.4 Å². The quantitative estimate of drug-likeness (QED) is 0.917. The Balaban J connectivity index is 1.96. The highest BCUT2D eigenvalue weighted by Crippen LogP contribution is 2.31. The van der Waals surface area contributed by atoms with Crippen molar-refractivity contribution in [3.8, 4) is 6.07 Å². The maximum atomic E-state index is 11.3. The Morgan fingerprint density at radius 1 is 1.14 bits per heavy atom. The van der Waals surface area contributed by atoms with Crippen molar-refractivity contribution in [2.24, 2.45) is 11.7 Å². The van der Waals surface area contributed by atoms with Crippen molar-refractivity contribution in [3.05, 3.63) is 42.0 Å². The van der Waals surface area contributed by atoms with Crippen molar-refractivity contribution in [1.29, 1.82) is 5.26 Å². The molecule has 0 bridgehead atoms. The number of primary amides is 1. The highest BCUT2D eigenvalue weighted by molar-refractivity contribution is 5.97. The number of nitrogens with two attached hydrogens (primary N) is 1. The zero-order valence-electron chi connectivity index (χ0n) is 11.7. The molecule has 1 aliphatic heterocycles. The monoisotopic (exact) mass is 279 g/mol. The molecule has 4 heteroatoms. The highest BCUT2D eigenvalue weighted by Gasteiger charge is 2.24. The molecule has 1 amide bonds. The molecule has 3 rings (SSSR count). The first kappa shape index (κ1) is 13.4. The summed E-state index contributed by atoms with van der Waals surface area (Å²) in [7, 11) is 0. The number of nitrogens with zero attached hydrogens (tertiary/aromatic N) is 2. The Morgan fingerprint density at radius 2 is 1.81 bits per heavy atom. The lowest BCUT2D eigenvalue weighted by Crippen LogP contribution is -2.38. The first-order valence-electron chi connectivity index (χ1n) is 7.17.